The molecule has 5 nitrogen and oxygen atoms in total. The van der Waals surface area contributed by atoms with E-state index in [-0.39, 0.29) is 24.1 Å². The van der Waals surface area contributed by atoms with Crippen LogP contribution in [-0.2, 0) is 6.73 Å². The van der Waals surface area contributed by atoms with Gasteiger partial charge >= 0.3 is 0 Å². The van der Waals surface area contributed by atoms with Gasteiger partial charge < -0.3 is 10.1 Å². The predicted molar refractivity (Wildman–Crippen MR) is 93.4 cm³/mol. The molecule has 0 saturated carbocycles. The zero-order valence-corrected chi connectivity index (χ0v) is 14.1. The fourth-order valence-corrected chi connectivity index (χ4v) is 2.40. The molecule has 0 bridgehead atoms. The Bertz CT molecular complexity index is 911. The fraction of sp³-hybridized carbons (Fsp3) is 0.111. The van der Waals surface area contributed by atoms with Crippen molar-refractivity contribution < 1.29 is 13.9 Å². The average Bonchev–Trinajstić information content (AvgIpc) is 3.06. The Morgan fingerprint density at radius 2 is 2.08 bits per heavy atom. The predicted octanol–water partition coefficient (Wildman–Crippen LogP) is 4.27. The molecule has 128 valence electrons. The standard InChI is InChI=1S/C18H15ClFN3O2/c1-12-10-13(20)6-7-15(12)21-18(24)16-8-9-23(22-16)11-25-17-5-3-2-4-14(17)19/h2-10H,11H2,1H3,(H,21,24). The van der Waals surface area contributed by atoms with Crippen LogP contribution in [0.1, 0.15) is 16.1 Å². The maximum atomic E-state index is 13.1. The van der Waals surface area contributed by atoms with Crippen molar-refractivity contribution in [3.63, 3.8) is 0 Å². The molecule has 1 amide bonds. The van der Waals surface area contributed by atoms with Crippen molar-refractivity contribution in [1.29, 1.82) is 0 Å². The molecule has 0 saturated heterocycles. The Balaban J connectivity index is 1.64. The van der Waals surface area contributed by atoms with E-state index < -0.39 is 0 Å². The van der Waals surface area contributed by atoms with Crippen molar-refractivity contribution in [2.24, 2.45) is 0 Å². The molecule has 25 heavy (non-hydrogen) atoms. The topological polar surface area (TPSA) is 56.2 Å². The van der Waals surface area contributed by atoms with E-state index in [2.05, 4.69) is 10.4 Å². The van der Waals surface area contributed by atoms with Gasteiger partial charge in [-0.15, -0.1) is 0 Å². The second-order valence-corrected chi connectivity index (χ2v) is 5.76. The van der Waals surface area contributed by atoms with Crippen LogP contribution in [0.5, 0.6) is 5.75 Å². The Morgan fingerprint density at radius 3 is 2.84 bits per heavy atom. The Kier molecular flexibility index (Phi) is 5.00. The van der Waals surface area contributed by atoms with E-state index >= 15 is 0 Å². The van der Waals surface area contributed by atoms with Crippen molar-refractivity contribution >= 4 is 23.2 Å². The van der Waals surface area contributed by atoms with Gasteiger partial charge in [0.2, 0.25) is 0 Å². The van der Waals surface area contributed by atoms with E-state index in [0.717, 1.165) is 0 Å². The summed E-state index contributed by atoms with van der Waals surface area (Å²) in [6, 6.07) is 12.8. The molecule has 0 atom stereocenters. The summed E-state index contributed by atoms with van der Waals surface area (Å²) in [6.07, 6.45) is 1.63. The number of aryl methyl sites for hydroxylation is 1. The van der Waals surface area contributed by atoms with Crippen molar-refractivity contribution in [3.05, 3.63) is 76.8 Å². The van der Waals surface area contributed by atoms with Gasteiger partial charge in [-0.3, -0.25) is 4.79 Å². The third-order valence-electron chi connectivity index (χ3n) is 3.50. The van der Waals surface area contributed by atoms with Crippen LogP contribution in [0, 0.1) is 12.7 Å². The minimum Gasteiger partial charge on any atom is -0.470 e. The molecule has 7 heteroatoms. The molecule has 0 radical (unpaired) electrons. The van der Waals surface area contributed by atoms with Gasteiger partial charge in [0.15, 0.2) is 12.4 Å². The number of carbonyl (C=O) groups excluding carboxylic acids is 1. The number of hydrogen-bond donors (Lipinski definition) is 1. The van der Waals surface area contributed by atoms with Crippen LogP contribution in [0.25, 0.3) is 0 Å². The first kappa shape index (κ1) is 17.0. The van der Waals surface area contributed by atoms with Gasteiger partial charge in [0.05, 0.1) is 5.02 Å². The van der Waals surface area contributed by atoms with Crippen LogP contribution in [0.15, 0.2) is 54.7 Å². The molecule has 3 rings (SSSR count). The molecule has 1 heterocycles. The van der Waals surface area contributed by atoms with E-state index in [9.17, 15) is 9.18 Å². The zero-order valence-electron chi connectivity index (χ0n) is 13.4. The first-order valence-corrected chi connectivity index (χ1v) is 7.89. The summed E-state index contributed by atoms with van der Waals surface area (Å²) in [5, 5.41) is 7.37. The van der Waals surface area contributed by atoms with Gasteiger partial charge in [-0.25, -0.2) is 9.07 Å². The van der Waals surface area contributed by atoms with Crippen LogP contribution in [0.3, 0.4) is 0 Å². The number of ether oxygens (including phenoxy) is 1. The summed E-state index contributed by atoms with van der Waals surface area (Å²) in [7, 11) is 0. The minimum atomic E-state index is -0.383. The number of nitrogens with zero attached hydrogens (tertiary/aromatic N) is 2. The number of nitrogens with one attached hydrogen (secondary N) is 1. The number of anilines is 1. The molecular formula is C18H15ClFN3O2. The molecule has 2 aromatic carbocycles. The number of halogens is 2. The highest BCUT2D eigenvalue weighted by Gasteiger charge is 2.12. The molecule has 1 aromatic heterocycles. The molecule has 0 aliphatic heterocycles. The zero-order chi connectivity index (χ0) is 17.8. The Morgan fingerprint density at radius 1 is 1.28 bits per heavy atom. The molecule has 3 aromatic rings. The quantitative estimate of drug-likeness (QED) is 0.740. The summed E-state index contributed by atoms with van der Waals surface area (Å²) in [6.45, 7) is 1.83. The second kappa shape index (κ2) is 7.36. The van der Waals surface area contributed by atoms with Crippen LogP contribution < -0.4 is 10.1 Å². The van der Waals surface area contributed by atoms with Gasteiger partial charge in [0.1, 0.15) is 11.6 Å². The third-order valence-corrected chi connectivity index (χ3v) is 3.81. The number of carbonyl (C=O) groups is 1. The lowest BCUT2D eigenvalue weighted by atomic mass is 10.2. The maximum Gasteiger partial charge on any atom is 0.276 e. The molecule has 0 aliphatic rings. The average molecular weight is 360 g/mol. The summed E-state index contributed by atoms with van der Waals surface area (Å²) in [4.78, 5) is 12.3. The molecule has 0 spiro atoms. The van der Waals surface area contributed by atoms with Gasteiger partial charge in [-0.1, -0.05) is 23.7 Å². The highest BCUT2D eigenvalue weighted by atomic mass is 35.5. The molecular weight excluding hydrogens is 345 g/mol. The van der Waals surface area contributed by atoms with E-state index in [1.54, 1.807) is 31.3 Å². The molecule has 0 aliphatic carbocycles. The van der Waals surface area contributed by atoms with E-state index in [1.807, 2.05) is 12.1 Å². The van der Waals surface area contributed by atoms with Gasteiger partial charge in [0, 0.05) is 11.9 Å². The van der Waals surface area contributed by atoms with Crippen molar-refractivity contribution in [2.45, 2.75) is 13.7 Å². The van der Waals surface area contributed by atoms with Crippen molar-refractivity contribution in [1.82, 2.24) is 9.78 Å². The summed E-state index contributed by atoms with van der Waals surface area (Å²) >= 11 is 6.02. The van der Waals surface area contributed by atoms with Crippen molar-refractivity contribution in [3.8, 4) is 5.75 Å². The number of benzene rings is 2. The Hall–Kier alpha value is -2.86. The molecule has 0 fully saturated rings. The highest BCUT2D eigenvalue weighted by molar-refractivity contribution is 6.32. The van der Waals surface area contributed by atoms with Gasteiger partial charge in [-0.2, -0.15) is 5.10 Å². The van der Waals surface area contributed by atoms with Gasteiger partial charge in [-0.05, 0) is 48.9 Å². The van der Waals surface area contributed by atoms with E-state index in [4.69, 9.17) is 16.3 Å². The lowest BCUT2D eigenvalue weighted by molar-refractivity contribution is 0.102. The summed E-state index contributed by atoms with van der Waals surface area (Å²) < 4.78 is 20.2. The third kappa shape index (κ3) is 4.16. The molecule has 1 N–H and O–H groups in total. The summed E-state index contributed by atoms with van der Waals surface area (Å²) in [5.74, 6) is -0.199. The summed E-state index contributed by atoms with van der Waals surface area (Å²) in [5.41, 5.74) is 1.40. The first-order chi connectivity index (χ1) is 12.0. The number of hydrogen-bond acceptors (Lipinski definition) is 3. The highest BCUT2D eigenvalue weighted by Crippen LogP contribution is 2.23. The van der Waals surface area contributed by atoms with E-state index in [1.165, 1.54) is 22.9 Å². The lowest BCUT2D eigenvalue weighted by Crippen LogP contribution is -2.15. The van der Waals surface area contributed by atoms with Crippen molar-refractivity contribution in [2.75, 3.05) is 5.32 Å². The monoisotopic (exact) mass is 359 g/mol. The number of rotatable bonds is 5. The molecule has 0 unspecified atom stereocenters. The largest absolute Gasteiger partial charge is 0.470 e. The first-order valence-electron chi connectivity index (χ1n) is 7.51. The normalized spacial score (nSPS) is 10.5. The van der Waals surface area contributed by atoms with Gasteiger partial charge in [0.25, 0.3) is 5.91 Å². The smallest absolute Gasteiger partial charge is 0.276 e. The van der Waals surface area contributed by atoms with Crippen LogP contribution in [-0.4, -0.2) is 15.7 Å². The number of aromatic nitrogens is 2. The van der Waals surface area contributed by atoms with E-state index in [0.29, 0.717) is 22.0 Å². The van der Waals surface area contributed by atoms with Crippen LogP contribution >= 0.6 is 11.6 Å². The Labute approximate surface area is 149 Å². The minimum absolute atomic E-state index is 0.118. The fourth-order valence-electron chi connectivity index (χ4n) is 2.21. The number of para-hydroxylation sites is 1. The maximum absolute atomic E-state index is 13.1. The van der Waals surface area contributed by atoms with Crippen LogP contribution in [0.4, 0.5) is 10.1 Å². The van der Waals surface area contributed by atoms with Crippen LogP contribution in [0.2, 0.25) is 5.02 Å². The number of amides is 1. The second-order valence-electron chi connectivity index (χ2n) is 5.36. The SMILES string of the molecule is Cc1cc(F)ccc1NC(=O)c1ccn(COc2ccccc2Cl)n1. The lowest BCUT2D eigenvalue weighted by Gasteiger charge is -2.08.